The summed E-state index contributed by atoms with van der Waals surface area (Å²) in [6, 6.07) is 10.0. The van der Waals surface area contributed by atoms with E-state index in [0.717, 1.165) is 5.56 Å². The number of aliphatic hydroxyl groups is 2. The fourth-order valence-corrected chi connectivity index (χ4v) is 3.57. The molecule has 2 aromatic carbocycles. The zero-order chi connectivity index (χ0) is 20.1. The molecule has 3 N–H and O–H groups in total. The molecule has 1 heterocycles. The summed E-state index contributed by atoms with van der Waals surface area (Å²) in [5.41, 5.74) is 0.916. The van der Waals surface area contributed by atoms with Crippen LogP contribution in [0.15, 0.2) is 48.7 Å². The molecule has 0 atom stereocenters. The monoisotopic (exact) mass is 404 g/mol. The molecule has 146 valence electrons. The molecule has 0 saturated heterocycles. The summed E-state index contributed by atoms with van der Waals surface area (Å²) in [7, 11) is 0. The predicted molar refractivity (Wildman–Crippen MR) is 103 cm³/mol. The Labute approximate surface area is 164 Å². The van der Waals surface area contributed by atoms with Crippen molar-refractivity contribution < 1.29 is 23.8 Å². The Bertz CT molecular complexity index is 956. The zero-order valence-electron chi connectivity index (χ0n) is 14.7. The van der Waals surface area contributed by atoms with Crippen LogP contribution in [0.25, 0.3) is 21.0 Å². The molecule has 5 nitrogen and oxygen atoms in total. The van der Waals surface area contributed by atoms with Crippen molar-refractivity contribution in [3.8, 4) is 21.0 Å². The summed E-state index contributed by atoms with van der Waals surface area (Å²) in [5, 5.41) is 21.1. The second-order valence-electron chi connectivity index (χ2n) is 6.14. The second-order valence-corrected chi connectivity index (χ2v) is 7.17. The van der Waals surface area contributed by atoms with Gasteiger partial charge in [-0.15, -0.1) is 11.3 Å². The summed E-state index contributed by atoms with van der Waals surface area (Å²) in [6.07, 6.45) is 1.55. The minimum atomic E-state index is -0.589. The SMILES string of the molecule is O=C(NCC(CO)CO)c1cccc(F)c1-c1ncc(-c2ccc(F)cc2)s1. The highest BCUT2D eigenvalue weighted by molar-refractivity contribution is 7.18. The van der Waals surface area contributed by atoms with Gasteiger partial charge in [0.2, 0.25) is 0 Å². The maximum absolute atomic E-state index is 14.5. The summed E-state index contributed by atoms with van der Waals surface area (Å²) in [4.78, 5) is 17.5. The standard InChI is InChI=1S/C20H18F2N2O3S/c21-14-6-4-13(5-7-14)17-9-24-20(28-17)18-15(2-1-3-16(18)22)19(27)23-8-12(10-25)11-26/h1-7,9,12,25-26H,8,10-11H2,(H,23,27). The lowest BCUT2D eigenvalue weighted by molar-refractivity contribution is 0.0922. The van der Waals surface area contributed by atoms with E-state index < -0.39 is 17.6 Å². The molecule has 1 amide bonds. The van der Waals surface area contributed by atoms with Crippen LogP contribution in [0, 0.1) is 17.6 Å². The lowest BCUT2D eigenvalue weighted by Gasteiger charge is -2.13. The van der Waals surface area contributed by atoms with E-state index in [1.807, 2.05) is 0 Å². The molecule has 0 aliphatic carbocycles. The van der Waals surface area contributed by atoms with E-state index in [1.54, 1.807) is 18.3 Å². The van der Waals surface area contributed by atoms with Crippen LogP contribution >= 0.6 is 11.3 Å². The third-order valence-electron chi connectivity index (χ3n) is 4.17. The number of hydrogen-bond acceptors (Lipinski definition) is 5. The van der Waals surface area contributed by atoms with Crippen molar-refractivity contribution in [3.63, 3.8) is 0 Å². The average molecular weight is 404 g/mol. The topological polar surface area (TPSA) is 82.5 Å². The van der Waals surface area contributed by atoms with Crippen LogP contribution in [0.2, 0.25) is 0 Å². The number of nitrogens with one attached hydrogen (secondary N) is 1. The van der Waals surface area contributed by atoms with E-state index in [-0.39, 0.29) is 36.7 Å². The number of benzene rings is 2. The van der Waals surface area contributed by atoms with E-state index in [0.29, 0.717) is 9.88 Å². The van der Waals surface area contributed by atoms with Gasteiger partial charge in [-0.05, 0) is 29.8 Å². The van der Waals surface area contributed by atoms with Crippen molar-refractivity contribution in [1.82, 2.24) is 10.3 Å². The summed E-state index contributed by atoms with van der Waals surface area (Å²) >= 11 is 1.19. The summed E-state index contributed by atoms with van der Waals surface area (Å²) in [6.45, 7) is -0.499. The molecule has 28 heavy (non-hydrogen) atoms. The Balaban J connectivity index is 1.90. The normalized spacial score (nSPS) is 11.0. The fourth-order valence-electron chi connectivity index (χ4n) is 2.59. The third-order valence-corrected chi connectivity index (χ3v) is 5.24. The number of carbonyl (C=O) groups is 1. The van der Waals surface area contributed by atoms with Crippen molar-refractivity contribution in [1.29, 1.82) is 0 Å². The number of carbonyl (C=O) groups excluding carboxylic acids is 1. The Kier molecular flexibility index (Phi) is 6.45. The van der Waals surface area contributed by atoms with Gasteiger partial charge >= 0.3 is 0 Å². The van der Waals surface area contributed by atoms with Gasteiger partial charge in [-0.2, -0.15) is 0 Å². The molecule has 3 rings (SSSR count). The fraction of sp³-hybridized carbons (Fsp3) is 0.200. The van der Waals surface area contributed by atoms with Crippen molar-refractivity contribution >= 4 is 17.2 Å². The summed E-state index contributed by atoms with van der Waals surface area (Å²) < 4.78 is 27.7. The number of hydrogen-bond donors (Lipinski definition) is 3. The highest BCUT2D eigenvalue weighted by atomic mass is 32.1. The number of amides is 1. The van der Waals surface area contributed by atoms with Crippen LogP contribution in [-0.2, 0) is 0 Å². The van der Waals surface area contributed by atoms with Crippen molar-refractivity contribution in [2.24, 2.45) is 5.92 Å². The minimum Gasteiger partial charge on any atom is -0.396 e. The van der Waals surface area contributed by atoms with Crippen molar-refractivity contribution in [2.45, 2.75) is 0 Å². The van der Waals surface area contributed by atoms with Crippen molar-refractivity contribution in [3.05, 3.63) is 65.9 Å². The van der Waals surface area contributed by atoms with E-state index in [9.17, 15) is 13.6 Å². The van der Waals surface area contributed by atoms with Gasteiger partial charge in [-0.1, -0.05) is 18.2 Å². The molecule has 3 aromatic rings. The third kappa shape index (κ3) is 4.41. The van der Waals surface area contributed by atoms with Gasteiger partial charge < -0.3 is 15.5 Å². The molecule has 0 radical (unpaired) electrons. The van der Waals surface area contributed by atoms with E-state index >= 15 is 0 Å². The van der Waals surface area contributed by atoms with Gasteiger partial charge in [0, 0.05) is 31.9 Å². The maximum Gasteiger partial charge on any atom is 0.252 e. The molecule has 0 saturated carbocycles. The van der Waals surface area contributed by atoms with Crippen LogP contribution in [0.5, 0.6) is 0 Å². The molecule has 0 fully saturated rings. The molecular weight excluding hydrogens is 386 g/mol. The van der Waals surface area contributed by atoms with E-state index in [1.165, 1.54) is 41.7 Å². The number of thiazole rings is 1. The quantitative estimate of drug-likeness (QED) is 0.565. The first-order valence-electron chi connectivity index (χ1n) is 8.54. The Morgan fingerprint density at radius 1 is 1.11 bits per heavy atom. The second kappa shape index (κ2) is 9.01. The first kappa shape index (κ1) is 20.1. The van der Waals surface area contributed by atoms with Crippen LogP contribution in [0.1, 0.15) is 10.4 Å². The van der Waals surface area contributed by atoms with Crippen LogP contribution < -0.4 is 5.32 Å². The lowest BCUT2D eigenvalue weighted by atomic mass is 10.1. The Morgan fingerprint density at radius 2 is 1.82 bits per heavy atom. The number of nitrogens with zero attached hydrogens (tertiary/aromatic N) is 1. The predicted octanol–water partition coefficient (Wildman–Crippen LogP) is 3.09. The van der Waals surface area contributed by atoms with Gasteiger partial charge in [-0.25, -0.2) is 13.8 Å². The van der Waals surface area contributed by atoms with Gasteiger partial charge in [-0.3, -0.25) is 4.79 Å². The molecule has 0 aliphatic heterocycles. The maximum atomic E-state index is 14.5. The van der Waals surface area contributed by atoms with Crippen LogP contribution in [0.3, 0.4) is 0 Å². The first-order valence-corrected chi connectivity index (χ1v) is 9.35. The first-order chi connectivity index (χ1) is 13.5. The average Bonchev–Trinajstić information content (AvgIpc) is 3.18. The highest BCUT2D eigenvalue weighted by Gasteiger charge is 2.20. The minimum absolute atomic E-state index is 0.0560. The van der Waals surface area contributed by atoms with Gasteiger partial charge in [0.1, 0.15) is 16.6 Å². The molecule has 0 bridgehead atoms. The van der Waals surface area contributed by atoms with Gasteiger partial charge in [0.05, 0.1) is 16.0 Å². The van der Waals surface area contributed by atoms with Crippen LogP contribution in [0.4, 0.5) is 8.78 Å². The Morgan fingerprint density at radius 3 is 2.50 bits per heavy atom. The number of aromatic nitrogens is 1. The van der Waals surface area contributed by atoms with Gasteiger partial charge in [0.25, 0.3) is 5.91 Å². The molecule has 1 aromatic heterocycles. The number of halogens is 2. The highest BCUT2D eigenvalue weighted by Crippen LogP contribution is 2.35. The molecular formula is C20H18F2N2O3S. The van der Waals surface area contributed by atoms with Gasteiger partial charge in [0.15, 0.2) is 0 Å². The summed E-state index contributed by atoms with van der Waals surface area (Å²) in [5.74, 6) is -1.97. The lowest BCUT2D eigenvalue weighted by Crippen LogP contribution is -2.32. The van der Waals surface area contributed by atoms with E-state index in [2.05, 4.69) is 10.3 Å². The van der Waals surface area contributed by atoms with Crippen molar-refractivity contribution in [2.75, 3.05) is 19.8 Å². The Hall–Kier alpha value is -2.68. The molecule has 0 aliphatic rings. The molecule has 0 unspecified atom stereocenters. The van der Waals surface area contributed by atoms with E-state index in [4.69, 9.17) is 10.2 Å². The smallest absolute Gasteiger partial charge is 0.252 e. The zero-order valence-corrected chi connectivity index (χ0v) is 15.5. The molecule has 8 heteroatoms. The number of rotatable bonds is 7. The van der Waals surface area contributed by atoms with Crippen LogP contribution in [-0.4, -0.2) is 40.9 Å². The largest absolute Gasteiger partial charge is 0.396 e. The molecule has 0 spiro atoms. The number of aliphatic hydroxyl groups excluding tert-OH is 2.